The maximum atomic E-state index is 12.2. The molecular formula is C16H24N2O. The monoisotopic (exact) mass is 260 g/mol. The van der Waals surface area contributed by atoms with Gasteiger partial charge in [-0.2, -0.15) is 0 Å². The fourth-order valence-electron chi connectivity index (χ4n) is 2.52. The van der Waals surface area contributed by atoms with Gasteiger partial charge < -0.3 is 10.2 Å². The minimum atomic E-state index is 0.0277. The molecule has 0 radical (unpaired) electrons. The van der Waals surface area contributed by atoms with Gasteiger partial charge in [-0.3, -0.25) is 4.79 Å². The van der Waals surface area contributed by atoms with Crippen LogP contribution in [0, 0.1) is 0 Å². The van der Waals surface area contributed by atoms with Crippen LogP contribution < -0.4 is 5.32 Å². The first-order chi connectivity index (χ1) is 9.08. The molecule has 1 heterocycles. The number of amides is 1. The highest BCUT2D eigenvalue weighted by atomic mass is 16.2. The maximum absolute atomic E-state index is 12.2. The third-order valence-electron chi connectivity index (χ3n) is 3.80. The number of benzene rings is 1. The van der Waals surface area contributed by atoms with Crippen LogP contribution in [0.25, 0.3) is 0 Å². The molecule has 1 atom stereocenters. The van der Waals surface area contributed by atoms with Crippen molar-refractivity contribution >= 4 is 5.91 Å². The standard InChI is InChI=1S/C16H24N2O/c1-12(2)14-8-6-13(7-9-14)11-18(3)16(19)15-5-4-10-17-15/h6-9,12,15,17H,4-5,10-11H2,1-3H3. The van der Waals surface area contributed by atoms with Crippen molar-refractivity contribution in [2.75, 3.05) is 13.6 Å². The molecule has 1 amide bonds. The van der Waals surface area contributed by atoms with Gasteiger partial charge in [0.1, 0.15) is 0 Å². The van der Waals surface area contributed by atoms with Gasteiger partial charge in [-0.1, -0.05) is 38.1 Å². The van der Waals surface area contributed by atoms with Gasteiger partial charge in [-0.25, -0.2) is 0 Å². The minimum Gasteiger partial charge on any atom is -0.340 e. The van der Waals surface area contributed by atoms with E-state index in [0.29, 0.717) is 12.5 Å². The fraction of sp³-hybridized carbons (Fsp3) is 0.562. The SMILES string of the molecule is CC(C)c1ccc(CN(C)C(=O)C2CCCN2)cc1. The van der Waals surface area contributed by atoms with Gasteiger partial charge in [0.05, 0.1) is 6.04 Å². The van der Waals surface area contributed by atoms with E-state index in [1.807, 2.05) is 11.9 Å². The van der Waals surface area contributed by atoms with Crippen molar-refractivity contribution in [2.45, 2.75) is 45.2 Å². The van der Waals surface area contributed by atoms with Gasteiger partial charge in [0.2, 0.25) is 5.91 Å². The molecule has 1 fully saturated rings. The molecule has 0 saturated carbocycles. The lowest BCUT2D eigenvalue weighted by Crippen LogP contribution is -2.41. The summed E-state index contributed by atoms with van der Waals surface area (Å²) in [6, 6.07) is 8.60. The number of rotatable bonds is 4. The predicted molar refractivity (Wildman–Crippen MR) is 78.0 cm³/mol. The first-order valence-electron chi connectivity index (χ1n) is 7.15. The molecule has 0 aliphatic carbocycles. The molecule has 104 valence electrons. The van der Waals surface area contributed by atoms with E-state index in [4.69, 9.17) is 0 Å². The number of nitrogens with zero attached hydrogens (tertiary/aromatic N) is 1. The van der Waals surface area contributed by atoms with Crippen LogP contribution in [0.2, 0.25) is 0 Å². The third-order valence-corrected chi connectivity index (χ3v) is 3.80. The Morgan fingerprint density at radius 2 is 2.05 bits per heavy atom. The number of hydrogen-bond acceptors (Lipinski definition) is 2. The smallest absolute Gasteiger partial charge is 0.239 e. The lowest BCUT2D eigenvalue weighted by Gasteiger charge is -2.21. The van der Waals surface area contributed by atoms with Crippen LogP contribution in [0.15, 0.2) is 24.3 Å². The Balaban J connectivity index is 1.94. The zero-order valence-corrected chi connectivity index (χ0v) is 12.1. The molecule has 0 spiro atoms. The molecule has 19 heavy (non-hydrogen) atoms. The lowest BCUT2D eigenvalue weighted by atomic mass is 10.0. The molecular weight excluding hydrogens is 236 g/mol. The first-order valence-corrected chi connectivity index (χ1v) is 7.15. The van der Waals surface area contributed by atoms with Gasteiger partial charge in [0, 0.05) is 13.6 Å². The number of carbonyl (C=O) groups is 1. The van der Waals surface area contributed by atoms with E-state index in [1.54, 1.807) is 0 Å². The number of likely N-dealkylation sites (N-methyl/N-ethyl adjacent to an activating group) is 1. The van der Waals surface area contributed by atoms with E-state index in [9.17, 15) is 4.79 Å². The van der Waals surface area contributed by atoms with Gasteiger partial charge in [0.25, 0.3) is 0 Å². The molecule has 1 unspecified atom stereocenters. The van der Waals surface area contributed by atoms with E-state index >= 15 is 0 Å². The van der Waals surface area contributed by atoms with Crippen LogP contribution in [-0.4, -0.2) is 30.4 Å². The largest absolute Gasteiger partial charge is 0.340 e. The summed E-state index contributed by atoms with van der Waals surface area (Å²) >= 11 is 0. The third kappa shape index (κ3) is 3.57. The van der Waals surface area contributed by atoms with E-state index in [-0.39, 0.29) is 11.9 Å². The summed E-state index contributed by atoms with van der Waals surface area (Å²) in [5, 5.41) is 3.26. The average Bonchev–Trinajstić information content (AvgIpc) is 2.92. The Hall–Kier alpha value is -1.35. The van der Waals surface area contributed by atoms with Gasteiger partial charge in [-0.15, -0.1) is 0 Å². The second-order valence-electron chi connectivity index (χ2n) is 5.74. The maximum Gasteiger partial charge on any atom is 0.239 e. The Bertz CT molecular complexity index is 419. The van der Waals surface area contributed by atoms with Crippen molar-refractivity contribution in [3.05, 3.63) is 35.4 Å². The summed E-state index contributed by atoms with van der Waals surface area (Å²) in [7, 11) is 1.89. The molecule has 1 aromatic rings. The van der Waals surface area contributed by atoms with E-state index < -0.39 is 0 Å². The normalized spacial score (nSPS) is 18.8. The summed E-state index contributed by atoms with van der Waals surface area (Å²) < 4.78 is 0. The summed E-state index contributed by atoms with van der Waals surface area (Å²) in [6.07, 6.45) is 2.07. The van der Waals surface area contributed by atoms with Crippen LogP contribution in [-0.2, 0) is 11.3 Å². The highest BCUT2D eigenvalue weighted by Crippen LogP contribution is 2.16. The predicted octanol–water partition coefficient (Wildman–Crippen LogP) is 2.52. The van der Waals surface area contributed by atoms with Gasteiger partial charge >= 0.3 is 0 Å². The van der Waals surface area contributed by atoms with Crippen LogP contribution in [0.1, 0.15) is 43.7 Å². The van der Waals surface area contributed by atoms with Crippen molar-refractivity contribution < 1.29 is 4.79 Å². The Labute approximate surface area is 116 Å². The molecule has 2 rings (SSSR count). The molecule has 3 nitrogen and oxygen atoms in total. The molecule has 1 N–H and O–H groups in total. The van der Waals surface area contributed by atoms with E-state index in [0.717, 1.165) is 19.4 Å². The number of hydrogen-bond donors (Lipinski definition) is 1. The Kier molecular flexibility index (Phi) is 4.59. The van der Waals surface area contributed by atoms with Crippen molar-refractivity contribution in [3.63, 3.8) is 0 Å². The lowest BCUT2D eigenvalue weighted by molar-refractivity contribution is -0.132. The molecule has 0 bridgehead atoms. The van der Waals surface area contributed by atoms with Crippen molar-refractivity contribution in [2.24, 2.45) is 0 Å². The fourth-order valence-corrected chi connectivity index (χ4v) is 2.52. The zero-order chi connectivity index (χ0) is 13.8. The molecule has 1 aliphatic heterocycles. The highest BCUT2D eigenvalue weighted by molar-refractivity contribution is 5.81. The molecule has 1 aromatic carbocycles. The minimum absolute atomic E-state index is 0.0277. The molecule has 1 aliphatic rings. The van der Waals surface area contributed by atoms with Crippen LogP contribution in [0.4, 0.5) is 0 Å². The topological polar surface area (TPSA) is 32.3 Å². The second kappa shape index (κ2) is 6.20. The molecule has 3 heteroatoms. The zero-order valence-electron chi connectivity index (χ0n) is 12.1. The molecule has 1 saturated heterocycles. The Morgan fingerprint density at radius 3 is 2.58 bits per heavy atom. The number of carbonyl (C=O) groups excluding carboxylic acids is 1. The molecule has 0 aromatic heterocycles. The van der Waals surface area contributed by atoms with Crippen molar-refractivity contribution in [3.8, 4) is 0 Å². The second-order valence-corrected chi connectivity index (χ2v) is 5.74. The average molecular weight is 260 g/mol. The van der Waals surface area contributed by atoms with Crippen molar-refractivity contribution in [1.82, 2.24) is 10.2 Å². The Morgan fingerprint density at radius 1 is 1.37 bits per heavy atom. The summed E-state index contributed by atoms with van der Waals surface area (Å²) in [4.78, 5) is 14.0. The highest BCUT2D eigenvalue weighted by Gasteiger charge is 2.24. The van der Waals surface area contributed by atoms with Crippen LogP contribution >= 0.6 is 0 Å². The van der Waals surface area contributed by atoms with Crippen molar-refractivity contribution in [1.29, 1.82) is 0 Å². The van der Waals surface area contributed by atoms with E-state index in [2.05, 4.69) is 43.4 Å². The number of nitrogens with one attached hydrogen (secondary N) is 1. The summed E-state index contributed by atoms with van der Waals surface area (Å²) in [5.41, 5.74) is 2.54. The van der Waals surface area contributed by atoms with E-state index in [1.165, 1.54) is 11.1 Å². The van der Waals surface area contributed by atoms with Crippen LogP contribution in [0.3, 0.4) is 0 Å². The van der Waals surface area contributed by atoms with Gasteiger partial charge in [0.15, 0.2) is 0 Å². The summed E-state index contributed by atoms with van der Waals surface area (Å²) in [5.74, 6) is 0.765. The summed E-state index contributed by atoms with van der Waals surface area (Å²) in [6.45, 7) is 6.04. The van der Waals surface area contributed by atoms with Crippen LogP contribution in [0.5, 0.6) is 0 Å². The van der Waals surface area contributed by atoms with Gasteiger partial charge in [-0.05, 0) is 36.4 Å². The first kappa shape index (κ1) is 14.1. The quantitative estimate of drug-likeness (QED) is 0.902.